The number of allylic oxidation sites excluding steroid dienone is 1. The second-order valence-electron chi connectivity index (χ2n) is 8.53. The predicted molar refractivity (Wildman–Crippen MR) is 127 cm³/mol. The largest absolute Gasteiger partial charge is 0.296 e. The van der Waals surface area contributed by atoms with E-state index < -0.39 is 11.9 Å². The highest BCUT2D eigenvalue weighted by molar-refractivity contribution is 6.33. The molecule has 0 bridgehead atoms. The van der Waals surface area contributed by atoms with Crippen molar-refractivity contribution in [3.63, 3.8) is 0 Å². The van der Waals surface area contributed by atoms with Gasteiger partial charge in [0.25, 0.3) is 5.91 Å². The molecule has 0 N–H and O–H groups in total. The van der Waals surface area contributed by atoms with E-state index >= 15 is 0 Å². The minimum absolute atomic E-state index is 0.0538. The monoisotopic (exact) mass is 480 g/mol. The van der Waals surface area contributed by atoms with Gasteiger partial charge in [-0.05, 0) is 73.2 Å². The van der Waals surface area contributed by atoms with E-state index in [-0.39, 0.29) is 28.3 Å². The quantitative estimate of drug-likeness (QED) is 0.441. The van der Waals surface area contributed by atoms with Gasteiger partial charge in [-0.1, -0.05) is 35.9 Å². The zero-order valence-corrected chi connectivity index (χ0v) is 19.3. The van der Waals surface area contributed by atoms with Crippen LogP contribution in [0.15, 0.2) is 65.4 Å². The Balaban J connectivity index is 1.58. The van der Waals surface area contributed by atoms with Crippen molar-refractivity contribution in [2.75, 3.05) is 0 Å². The summed E-state index contributed by atoms with van der Waals surface area (Å²) in [6, 6.07) is 12.1. The molecule has 0 saturated heterocycles. The molecule has 2 aliphatic rings. The van der Waals surface area contributed by atoms with Crippen molar-refractivity contribution in [2.45, 2.75) is 38.8 Å². The molecule has 1 aliphatic carbocycles. The van der Waals surface area contributed by atoms with E-state index in [2.05, 4.69) is 5.10 Å². The lowest BCUT2D eigenvalue weighted by atomic mass is 9.77. The molecular formula is C26H23ClF2N4O. The van der Waals surface area contributed by atoms with Crippen LogP contribution >= 0.6 is 11.6 Å². The molecule has 1 fully saturated rings. The molecule has 174 valence electrons. The highest BCUT2D eigenvalue weighted by Crippen LogP contribution is 2.45. The molecule has 1 amide bonds. The topological polar surface area (TPSA) is 50.5 Å². The van der Waals surface area contributed by atoms with Gasteiger partial charge in [-0.15, -0.1) is 0 Å². The second-order valence-corrected chi connectivity index (χ2v) is 8.94. The van der Waals surface area contributed by atoms with Gasteiger partial charge in [-0.3, -0.25) is 9.48 Å². The first-order valence-corrected chi connectivity index (χ1v) is 11.7. The third kappa shape index (κ3) is 4.16. The maximum absolute atomic E-state index is 13.7. The molecule has 0 radical (unpaired) electrons. The lowest BCUT2D eigenvalue weighted by Gasteiger charge is -2.29. The van der Waals surface area contributed by atoms with Gasteiger partial charge < -0.3 is 0 Å². The maximum Gasteiger partial charge on any atom is 0.296 e. The smallest absolute Gasteiger partial charge is 0.271 e. The van der Waals surface area contributed by atoms with Crippen LogP contribution in [0.5, 0.6) is 0 Å². The molecule has 8 heteroatoms. The summed E-state index contributed by atoms with van der Waals surface area (Å²) < 4.78 is 28.7. The Bertz CT molecular complexity index is 1280. The third-order valence-electron chi connectivity index (χ3n) is 6.38. The van der Waals surface area contributed by atoms with Crippen LogP contribution < -0.4 is 0 Å². The maximum atomic E-state index is 13.7. The number of aryl methyl sites for hydroxylation is 1. The first kappa shape index (κ1) is 22.5. The van der Waals surface area contributed by atoms with Crippen molar-refractivity contribution < 1.29 is 13.6 Å². The fourth-order valence-electron chi connectivity index (χ4n) is 4.73. The molecule has 2 heterocycles. The number of aromatic nitrogens is 2. The highest BCUT2D eigenvalue weighted by atomic mass is 35.5. The standard InChI is InChI=1S/C26H23ClF2N4O/c1-2-32-15-22(27)24(30-32)26(34)33-25(17-8-12-20(29)13-9-17)21-5-3-4-18(23(21)31-33)14-16-6-10-19(28)11-7-16/h6-15,21,25H,2-5H2,1H3/b18-14+/t21-,25+/m1/s1. The van der Waals surface area contributed by atoms with Crippen LogP contribution in [0.25, 0.3) is 6.08 Å². The summed E-state index contributed by atoms with van der Waals surface area (Å²) >= 11 is 6.34. The average molecular weight is 481 g/mol. The van der Waals surface area contributed by atoms with E-state index in [0.29, 0.717) is 6.54 Å². The fourth-order valence-corrected chi connectivity index (χ4v) is 4.97. The molecule has 3 aromatic rings. The average Bonchev–Trinajstić information content (AvgIpc) is 3.42. The predicted octanol–water partition coefficient (Wildman–Crippen LogP) is 6.27. The van der Waals surface area contributed by atoms with Crippen molar-refractivity contribution >= 4 is 29.3 Å². The first-order chi connectivity index (χ1) is 16.4. The molecule has 1 aromatic heterocycles. The van der Waals surface area contributed by atoms with Gasteiger partial charge in [0.15, 0.2) is 5.69 Å². The zero-order chi connectivity index (χ0) is 23.8. The number of hydrogen-bond donors (Lipinski definition) is 0. The van der Waals surface area contributed by atoms with E-state index in [4.69, 9.17) is 16.7 Å². The molecule has 34 heavy (non-hydrogen) atoms. The third-order valence-corrected chi connectivity index (χ3v) is 6.65. The Morgan fingerprint density at radius 3 is 2.44 bits per heavy atom. The number of hydrogen-bond acceptors (Lipinski definition) is 3. The van der Waals surface area contributed by atoms with Gasteiger partial charge >= 0.3 is 0 Å². The number of fused-ring (bicyclic) bond motifs is 1. The molecule has 2 aromatic carbocycles. The molecule has 0 spiro atoms. The van der Waals surface area contributed by atoms with Crippen LogP contribution in [0.1, 0.15) is 53.8 Å². The Hall–Kier alpha value is -3.32. The SMILES string of the molecule is CCn1cc(Cl)c(C(=O)N2N=C3/C(=C/c4ccc(F)cc4)CCC[C@H]3[C@@H]2c2ccc(F)cc2)n1. The van der Waals surface area contributed by atoms with Crippen molar-refractivity contribution in [3.8, 4) is 0 Å². The van der Waals surface area contributed by atoms with Crippen LogP contribution in [0.4, 0.5) is 8.78 Å². The summed E-state index contributed by atoms with van der Waals surface area (Å²) in [5, 5.41) is 10.9. The number of rotatable bonds is 4. The van der Waals surface area contributed by atoms with Crippen molar-refractivity contribution in [1.29, 1.82) is 0 Å². The minimum atomic E-state index is -0.400. The van der Waals surface area contributed by atoms with Crippen molar-refractivity contribution in [3.05, 3.63) is 93.8 Å². The Kier molecular flexibility index (Phi) is 6.04. The van der Waals surface area contributed by atoms with Gasteiger partial charge in [0.05, 0.1) is 16.8 Å². The minimum Gasteiger partial charge on any atom is -0.271 e. The van der Waals surface area contributed by atoms with E-state index in [9.17, 15) is 13.6 Å². The number of carbonyl (C=O) groups excluding carboxylic acids is 1. The number of amides is 1. The molecule has 1 aliphatic heterocycles. The Labute approximate surface area is 201 Å². The Morgan fingerprint density at radius 2 is 1.79 bits per heavy atom. The van der Waals surface area contributed by atoms with Gasteiger partial charge in [0.1, 0.15) is 11.6 Å². The molecule has 5 nitrogen and oxygen atoms in total. The summed E-state index contributed by atoms with van der Waals surface area (Å²) in [6.07, 6.45) is 6.18. The lowest BCUT2D eigenvalue weighted by Crippen LogP contribution is -2.32. The van der Waals surface area contributed by atoms with Gasteiger partial charge in [-0.25, -0.2) is 13.8 Å². The van der Waals surface area contributed by atoms with Crippen molar-refractivity contribution in [2.24, 2.45) is 11.0 Å². The van der Waals surface area contributed by atoms with Gasteiger partial charge in [-0.2, -0.15) is 10.2 Å². The Morgan fingerprint density at radius 1 is 1.12 bits per heavy atom. The summed E-state index contributed by atoms with van der Waals surface area (Å²) in [4.78, 5) is 13.6. The summed E-state index contributed by atoms with van der Waals surface area (Å²) in [5.41, 5.74) is 3.64. The molecule has 2 atom stereocenters. The number of benzene rings is 2. The van der Waals surface area contributed by atoms with Crippen LogP contribution in [-0.4, -0.2) is 26.4 Å². The first-order valence-electron chi connectivity index (χ1n) is 11.3. The molecule has 0 unspecified atom stereocenters. The van der Waals surface area contributed by atoms with Crippen LogP contribution in [0.3, 0.4) is 0 Å². The molecule has 5 rings (SSSR count). The summed E-state index contributed by atoms with van der Waals surface area (Å²) in [6.45, 7) is 2.49. The normalized spacial score (nSPS) is 21.0. The van der Waals surface area contributed by atoms with Crippen LogP contribution in [0, 0.1) is 17.6 Å². The number of halogens is 3. The summed E-state index contributed by atoms with van der Waals surface area (Å²) in [5.74, 6) is -1.08. The van der Waals surface area contributed by atoms with Gasteiger partial charge in [0, 0.05) is 18.7 Å². The lowest BCUT2D eigenvalue weighted by molar-refractivity contribution is 0.0674. The molecular weight excluding hydrogens is 458 g/mol. The van der Waals surface area contributed by atoms with Crippen LogP contribution in [-0.2, 0) is 6.54 Å². The summed E-state index contributed by atoms with van der Waals surface area (Å²) in [7, 11) is 0. The highest BCUT2D eigenvalue weighted by Gasteiger charge is 2.44. The zero-order valence-electron chi connectivity index (χ0n) is 18.6. The fraction of sp³-hybridized carbons (Fsp3) is 0.269. The number of hydrazone groups is 1. The van der Waals surface area contributed by atoms with E-state index in [1.807, 2.05) is 13.0 Å². The van der Waals surface area contributed by atoms with E-state index in [0.717, 1.165) is 41.7 Å². The van der Waals surface area contributed by atoms with Gasteiger partial charge in [0.2, 0.25) is 0 Å². The molecule has 1 saturated carbocycles. The van der Waals surface area contributed by atoms with Crippen molar-refractivity contribution in [1.82, 2.24) is 14.8 Å². The van der Waals surface area contributed by atoms with E-state index in [1.165, 1.54) is 29.3 Å². The second kappa shape index (κ2) is 9.14. The number of nitrogens with zero attached hydrogens (tertiary/aromatic N) is 4. The number of carbonyl (C=O) groups is 1. The van der Waals surface area contributed by atoms with E-state index in [1.54, 1.807) is 35.1 Å². The van der Waals surface area contributed by atoms with Crippen LogP contribution in [0.2, 0.25) is 5.02 Å².